The Kier molecular flexibility index (Phi) is 2.89. The lowest BCUT2D eigenvalue weighted by Crippen LogP contribution is -2.05. The molecule has 1 unspecified atom stereocenters. The maximum absolute atomic E-state index is 12.1. The molecule has 2 aromatic rings. The van der Waals surface area contributed by atoms with Crippen molar-refractivity contribution in [1.82, 2.24) is 0 Å². The van der Waals surface area contributed by atoms with Gasteiger partial charge in [-0.25, -0.2) is 0 Å². The predicted octanol–water partition coefficient (Wildman–Crippen LogP) is 1.78. The van der Waals surface area contributed by atoms with Crippen molar-refractivity contribution in [3.63, 3.8) is 0 Å². The number of rotatable bonds is 2. The summed E-state index contributed by atoms with van der Waals surface area (Å²) in [5.74, 6) is 0. The standard InChI is InChI=1S/C12H12NOP/c13-10-6-8-12(9-7-10)15(14)11-4-2-1-3-5-11/h1-9,15H,13H2. The van der Waals surface area contributed by atoms with Crippen molar-refractivity contribution in [2.24, 2.45) is 0 Å². The Balaban J connectivity index is 2.33. The molecule has 15 heavy (non-hydrogen) atoms. The Morgan fingerprint density at radius 1 is 0.800 bits per heavy atom. The van der Waals surface area contributed by atoms with Gasteiger partial charge < -0.3 is 10.3 Å². The van der Waals surface area contributed by atoms with E-state index in [2.05, 4.69) is 0 Å². The molecule has 0 heterocycles. The fourth-order valence-corrected chi connectivity index (χ4v) is 2.69. The minimum absolute atomic E-state index is 0.696. The molecule has 3 heteroatoms. The third-order valence-corrected chi connectivity index (χ3v) is 3.92. The van der Waals surface area contributed by atoms with E-state index in [9.17, 15) is 4.57 Å². The van der Waals surface area contributed by atoms with Crippen LogP contribution >= 0.6 is 7.80 Å². The average Bonchev–Trinajstić information content (AvgIpc) is 2.30. The second kappa shape index (κ2) is 4.33. The number of hydrogen-bond acceptors (Lipinski definition) is 2. The lowest BCUT2D eigenvalue weighted by atomic mass is 10.3. The largest absolute Gasteiger partial charge is 0.399 e. The van der Waals surface area contributed by atoms with Gasteiger partial charge >= 0.3 is 0 Å². The molecule has 1 atom stereocenters. The molecule has 0 saturated carbocycles. The summed E-state index contributed by atoms with van der Waals surface area (Å²) in [4.78, 5) is 0. The molecule has 0 radical (unpaired) electrons. The Bertz CT molecular complexity index is 465. The first-order valence-corrected chi connectivity index (χ1v) is 6.13. The second-order valence-corrected chi connectivity index (χ2v) is 5.13. The van der Waals surface area contributed by atoms with Gasteiger partial charge in [0.25, 0.3) is 0 Å². The Morgan fingerprint density at radius 3 is 1.93 bits per heavy atom. The van der Waals surface area contributed by atoms with Gasteiger partial charge in [0.15, 0.2) is 0 Å². The topological polar surface area (TPSA) is 43.1 Å². The van der Waals surface area contributed by atoms with Crippen LogP contribution in [-0.4, -0.2) is 0 Å². The highest BCUT2D eigenvalue weighted by Gasteiger charge is 2.04. The zero-order chi connectivity index (χ0) is 10.7. The van der Waals surface area contributed by atoms with Crippen molar-refractivity contribution >= 4 is 24.1 Å². The summed E-state index contributed by atoms with van der Waals surface area (Å²) in [6.07, 6.45) is 0. The molecular weight excluding hydrogens is 205 g/mol. The van der Waals surface area contributed by atoms with Crippen LogP contribution in [0.15, 0.2) is 54.6 Å². The minimum atomic E-state index is -1.87. The minimum Gasteiger partial charge on any atom is -0.399 e. The van der Waals surface area contributed by atoms with Gasteiger partial charge in [-0.1, -0.05) is 30.3 Å². The van der Waals surface area contributed by atoms with E-state index >= 15 is 0 Å². The van der Waals surface area contributed by atoms with Crippen LogP contribution in [0.5, 0.6) is 0 Å². The van der Waals surface area contributed by atoms with Crippen LogP contribution in [0.2, 0.25) is 0 Å². The summed E-state index contributed by atoms with van der Waals surface area (Å²) in [5, 5.41) is 1.73. The smallest absolute Gasteiger partial charge is 0.131 e. The van der Waals surface area contributed by atoms with E-state index in [0.29, 0.717) is 5.69 Å². The van der Waals surface area contributed by atoms with Crippen molar-refractivity contribution in [3.05, 3.63) is 54.6 Å². The van der Waals surface area contributed by atoms with E-state index in [4.69, 9.17) is 5.73 Å². The summed E-state index contributed by atoms with van der Waals surface area (Å²) in [7, 11) is -1.87. The van der Waals surface area contributed by atoms with Crippen LogP contribution in [0.25, 0.3) is 0 Å². The SMILES string of the molecule is Nc1ccc([PH](=O)c2ccccc2)cc1. The van der Waals surface area contributed by atoms with Crippen molar-refractivity contribution in [2.45, 2.75) is 0 Å². The van der Waals surface area contributed by atoms with Crippen molar-refractivity contribution in [3.8, 4) is 0 Å². The average molecular weight is 217 g/mol. The molecule has 0 aliphatic rings. The van der Waals surface area contributed by atoms with Crippen LogP contribution < -0.4 is 16.3 Å². The second-order valence-electron chi connectivity index (χ2n) is 3.32. The molecule has 0 aliphatic carbocycles. The summed E-state index contributed by atoms with van der Waals surface area (Å²) in [5.41, 5.74) is 6.27. The molecule has 0 aromatic heterocycles. The highest BCUT2D eigenvalue weighted by Crippen LogP contribution is 2.19. The quantitative estimate of drug-likeness (QED) is 0.615. The Labute approximate surface area is 89.5 Å². The van der Waals surface area contributed by atoms with Crippen LogP contribution in [0, 0.1) is 0 Å². The summed E-state index contributed by atoms with van der Waals surface area (Å²) in [6, 6.07) is 16.7. The van der Waals surface area contributed by atoms with E-state index in [0.717, 1.165) is 10.6 Å². The van der Waals surface area contributed by atoms with Gasteiger partial charge in [0, 0.05) is 16.3 Å². The zero-order valence-electron chi connectivity index (χ0n) is 8.18. The number of benzene rings is 2. The van der Waals surface area contributed by atoms with Gasteiger partial charge in [-0.2, -0.15) is 0 Å². The van der Waals surface area contributed by atoms with Crippen LogP contribution in [0.4, 0.5) is 5.69 Å². The fraction of sp³-hybridized carbons (Fsp3) is 0. The number of anilines is 1. The molecule has 0 fully saturated rings. The molecule has 0 saturated heterocycles. The molecule has 2 aromatic carbocycles. The first kappa shape index (κ1) is 10.0. The van der Waals surface area contributed by atoms with E-state index in [1.54, 1.807) is 12.1 Å². The van der Waals surface area contributed by atoms with Gasteiger partial charge in [0.05, 0.1) is 0 Å². The summed E-state index contributed by atoms with van der Waals surface area (Å²) in [6.45, 7) is 0. The molecule has 0 amide bonds. The lowest BCUT2D eigenvalue weighted by Gasteiger charge is -2.02. The normalized spacial score (nSPS) is 12.3. The molecule has 0 aliphatic heterocycles. The van der Waals surface area contributed by atoms with E-state index in [-0.39, 0.29) is 0 Å². The zero-order valence-corrected chi connectivity index (χ0v) is 9.18. The van der Waals surface area contributed by atoms with Crippen molar-refractivity contribution < 1.29 is 4.57 Å². The first-order chi connectivity index (χ1) is 7.27. The van der Waals surface area contributed by atoms with Gasteiger partial charge in [-0.05, 0) is 24.3 Å². The van der Waals surface area contributed by atoms with Crippen LogP contribution in [0.3, 0.4) is 0 Å². The van der Waals surface area contributed by atoms with Gasteiger partial charge in [0.1, 0.15) is 7.80 Å². The number of nitrogens with two attached hydrogens (primary N) is 1. The van der Waals surface area contributed by atoms with Gasteiger partial charge in [0.2, 0.25) is 0 Å². The summed E-state index contributed by atoms with van der Waals surface area (Å²) < 4.78 is 12.1. The fourth-order valence-electron chi connectivity index (χ4n) is 1.39. The molecule has 2 rings (SSSR count). The summed E-state index contributed by atoms with van der Waals surface area (Å²) >= 11 is 0. The molecule has 76 valence electrons. The monoisotopic (exact) mass is 217 g/mol. The third kappa shape index (κ3) is 2.28. The molecule has 2 nitrogen and oxygen atoms in total. The van der Waals surface area contributed by atoms with Crippen molar-refractivity contribution in [1.29, 1.82) is 0 Å². The van der Waals surface area contributed by atoms with E-state index < -0.39 is 7.80 Å². The third-order valence-electron chi connectivity index (χ3n) is 2.21. The maximum atomic E-state index is 12.1. The lowest BCUT2D eigenvalue weighted by molar-refractivity contribution is 0.598. The van der Waals surface area contributed by atoms with Crippen LogP contribution in [0.1, 0.15) is 0 Å². The van der Waals surface area contributed by atoms with Gasteiger partial charge in [-0.15, -0.1) is 0 Å². The highest BCUT2D eigenvalue weighted by molar-refractivity contribution is 7.61. The number of hydrogen-bond donors (Lipinski definition) is 1. The maximum Gasteiger partial charge on any atom is 0.131 e. The molecule has 0 spiro atoms. The van der Waals surface area contributed by atoms with Crippen molar-refractivity contribution in [2.75, 3.05) is 5.73 Å². The van der Waals surface area contributed by atoms with Gasteiger partial charge in [-0.3, -0.25) is 0 Å². The van der Waals surface area contributed by atoms with E-state index in [1.807, 2.05) is 42.5 Å². The van der Waals surface area contributed by atoms with E-state index in [1.165, 1.54) is 0 Å². The predicted molar refractivity (Wildman–Crippen MR) is 65.6 cm³/mol. The van der Waals surface area contributed by atoms with Crippen LogP contribution in [-0.2, 0) is 4.57 Å². The first-order valence-electron chi connectivity index (χ1n) is 4.72. The Hall–Kier alpha value is -1.53. The molecule has 2 N–H and O–H groups in total. The highest BCUT2D eigenvalue weighted by atomic mass is 31.1. The Morgan fingerprint density at radius 2 is 1.33 bits per heavy atom. The molecule has 0 bridgehead atoms. The number of nitrogen functional groups attached to an aromatic ring is 1. The molecular formula is C12H12NOP.